The molecular weight excluding hydrogens is 378 g/mol. The van der Waals surface area contributed by atoms with Gasteiger partial charge in [0, 0.05) is 36.6 Å². The van der Waals surface area contributed by atoms with Crippen LogP contribution in [0.4, 0.5) is 11.5 Å². The maximum Gasteiger partial charge on any atom is 0.255 e. The fraction of sp³-hybridized carbons (Fsp3) is 0.105. The molecule has 0 atom stereocenters. The number of pyridine rings is 1. The molecule has 9 heteroatoms. The number of nitrogens with one attached hydrogen (secondary N) is 1. The number of benzene rings is 1. The highest BCUT2D eigenvalue weighted by molar-refractivity contribution is 6.31. The highest BCUT2D eigenvalue weighted by Gasteiger charge is 2.15. The number of rotatable bonds is 4. The van der Waals surface area contributed by atoms with Crippen LogP contribution in [-0.2, 0) is 0 Å². The van der Waals surface area contributed by atoms with E-state index in [0.717, 1.165) is 5.82 Å². The number of carbonyl (C=O) groups excluding carboxylic acids is 1. The van der Waals surface area contributed by atoms with Gasteiger partial charge in [0.05, 0.1) is 0 Å². The van der Waals surface area contributed by atoms with Gasteiger partial charge in [0.2, 0.25) is 5.82 Å². The molecule has 0 radical (unpaired) electrons. The molecule has 0 aliphatic rings. The Bertz CT molecular complexity index is 1170. The zero-order chi connectivity index (χ0) is 19.7. The molecule has 8 nitrogen and oxygen atoms in total. The quantitative estimate of drug-likeness (QED) is 0.573. The van der Waals surface area contributed by atoms with E-state index in [-0.39, 0.29) is 5.91 Å². The molecule has 28 heavy (non-hydrogen) atoms. The molecule has 1 aromatic carbocycles. The lowest BCUT2D eigenvalue weighted by Gasteiger charge is -2.10. The molecule has 0 saturated carbocycles. The molecule has 140 valence electrons. The molecule has 3 heterocycles. The van der Waals surface area contributed by atoms with Gasteiger partial charge in [-0.3, -0.25) is 9.78 Å². The number of halogens is 1. The van der Waals surface area contributed by atoms with Crippen LogP contribution in [0.5, 0.6) is 0 Å². The van der Waals surface area contributed by atoms with E-state index < -0.39 is 0 Å². The fourth-order valence-electron chi connectivity index (χ4n) is 2.64. The lowest BCUT2D eigenvalue weighted by atomic mass is 10.2. The average molecular weight is 394 g/mol. The first kappa shape index (κ1) is 17.9. The van der Waals surface area contributed by atoms with E-state index in [1.807, 2.05) is 31.1 Å². The summed E-state index contributed by atoms with van der Waals surface area (Å²) >= 11 is 5.97. The van der Waals surface area contributed by atoms with Crippen LogP contribution in [0.2, 0.25) is 5.02 Å². The van der Waals surface area contributed by atoms with Gasteiger partial charge in [-0.25, -0.2) is 0 Å². The second kappa shape index (κ2) is 7.24. The summed E-state index contributed by atoms with van der Waals surface area (Å²) in [6.07, 6.45) is 1.55. The van der Waals surface area contributed by atoms with E-state index in [2.05, 4.69) is 25.6 Å². The second-order valence-corrected chi connectivity index (χ2v) is 6.71. The molecule has 4 aromatic rings. The maximum absolute atomic E-state index is 12.6. The Balaban J connectivity index is 1.68. The van der Waals surface area contributed by atoms with E-state index in [9.17, 15) is 4.79 Å². The van der Waals surface area contributed by atoms with E-state index in [1.54, 1.807) is 47.1 Å². The highest BCUT2D eigenvalue weighted by atomic mass is 35.5. The van der Waals surface area contributed by atoms with Gasteiger partial charge < -0.3 is 10.2 Å². The van der Waals surface area contributed by atoms with Crippen molar-refractivity contribution in [3.05, 3.63) is 65.3 Å². The molecule has 3 aromatic heterocycles. The minimum Gasteiger partial charge on any atom is -0.361 e. The smallest absolute Gasteiger partial charge is 0.255 e. The van der Waals surface area contributed by atoms with Gasteiger partial charge in [-0.1, -0.05) is 17.7 Å². The zero-order valence-corrected chi connectivity index (χ0v) is 15.9. The van der Waals surface area contributed by atoms with Crippen LogP contribution in [0.15, 0.2) is 54.7 Å². The van der Waals surface area contributed by atoms with Gasteiger partial charge in [0.15, 0.2) is 5.65 Å². The predicted molar refractivity (Wildman–Crippen MR) is 108 cm³/mol. The molecule has 0 unspecified atom stereocenters. The van der Waals surface area contributed by atoms with Crippen molar-refractivity contribution in [2.45, 2.75) is 0 Å². The molecule has 0 fully saturated rings. The number of carbonyl (C=O) groups is 1. The first-order valence-electron chi connectivity index (χ1n) is 8.44. The monoisotopic (exact) mass is 393 g/mol. The normalized spacial score (nSPS) is 10.8. The summed E-state index contributed by atoms with van der Waals surface area (Å²) in [6.45, 7) is 0. The van der Waals surface area contributed by atoms with Gasteiger partial charge in [0.1, 0.15) is 11.5 Å². The number of anilines is 2. The minimum atomic E-state index is -0.276. The average Bonchev–Trinajstić information content (AvgIpc) is 3.11. The number of nitrogens with zero attached hydrogens (tertiary/aromatic N) is 6. The summed E-state index contributed by atoms with van der Waals surface area (Å²) in [5.74, 6) is 0.932. The van der Waals surface area contributed by atoms with Crippen molar-refractivity contribution in [3.63, 3.8) is 0 Å². The molecule has 0 saturated heterocycles. The Morgan fingerprint density at radius 1 is 1.11 bits per heavy atom. The first-order chi connectivity index (χ1) is 13.5. The van der Waals surface area contributed by atoms with Gasteiger partial charge in [-0.2, -0.15) is 4.52 Å². The Hall–Kier alpha value is -3.52. The Labute approximate surface area is 165 Å². The van der Waals surface area contributed by atoms with Gasteiger partial charge in [-0.15, -0.1) is 15.3 Å². The van der Waals surface area contributed by atoms with Crippen LogP contribution in [0.1, 0.15) is 10.4 Å². The Morgan fingerprint density at radius 3 is 2.75 bits per heavy atom. The van der Waals surface area contributed by atoms with Crippen molar-refractivity contribution in [2.75, 3.05) is 24.3 Å². The lowest BCUT2D eigenvalue weighted by molar-refractivity contribution is 0.102. The molecule has 0 aliphatic heterocycles. The number of fused-ring (bicyclic) bond motifs is 1. The molecule has 0 aliphatic carbocycles. The minimum absolute atomic E-state index is 0.276. The van der Waals surface area contributed by atoms with Gasteiger partial charge >= 0.3 is 0 Å². The number of hydrogen-bond donors (Lipinski definition) is 1. The summed E-state index contributed by atoms with van der Waals surface area (Å²) in [5, 5.41) is 16.2. The standard InChI is InChI=1S/C19H16ClN7O/c1-26(2)17-7-6-16-23-24-18(27(16)25-17)15-10-12(8-9-21-15)19(28)22-14-5-3-4-13(20)11-14/h3-11H,1-2H3,(H,22,28). The number of aromatic nitrogens is 5. The lowest BCUT2D eigenvalue weighted by Crippen LogP contribution is -2.13. The van der Waals surface area contributed by atoms with Gasteiger partial charge in [-0.05, 0) is 42.5 Å². The van der Waals surface area contributed by atoms with Crippen molar-refractivity contribution in [2.24, 2.45) is 0 Å². The Morgan fingerprint density at radius 2 is 1.96 bits per heavy atom. The molecule has 0 spiro atoms. The van der Waals surface area contributed by atoms with Crippen LogP contribution in [-0.4, -0.2) is 44.8 Å². The topological polar surface area (TPSA) is 88.3 Å². The van der Waals surface area contributed by atoms with Crippen LogP contribution in [0, 0.1) is 0 Å². The third kappa shape index (κ3) is 3.49. The number of amides is 1. The van der Waals surface area contributed by atoms with Gasteiger partial charge in [0.25, 0.3) is 5.91 Å². The zero-order valence-electron chi connectivity index (χ0n) is 15.2. The molecule has 4 rings (SSSR count). The first-order valence-corrected chi connectivity index (χ1v) is 8.82. The second-order valence-electron chi connectivity index (χ2n) is 6.27. The molecule has 1 N–H and O–H groups in total. The van der Waals surface area contributed by atoms with Crippen LogP contribution < -0.4 is 10.2 Å². The van der Waals surface area contributed by atoms with E-state index in [1.165, 1.54) is 0 Å². The highest BCUT2D eigenvalue weighted by Crippen LogP contribution is 2.20. The molecular formula is C19H16ClN7O. The van der Waals surface area contributed by atoms with E-state index in [4.69, 9.17) is 11.6 Å². The SMILES string of the molecule is CN(C)c1ccc2nnc(-c3cc(C(=O)Nc4cccc(Cl)c4)ccn3)n2n1. The predicted octanol–water partition coefficient (Wildman–Crippen LogP) is 3.16. The van der Waals surface area contributed by atoms with Crippen molar-refractivity contribution in [1.82, 2.24) is 24.8 Å². The summed E-state index contributed by atoms with van der Waals surface area (Å²) in [6, 6.07) is 13.9. The van der Waals surface area contributed by atoms with Crippen molar-refractivity contribution in [1.29, 1.82) is 0 Å². The maximum atomic E-state index is 12.6. The van der Waals surface area contributed by atoms with E-state index in [0.29, 0.717) is 33.4 Å². The van der Waals surface area contributed by atoms with Crippen molar-refractivity contribution >= 4 is 34.7 Å². The molecule has 0 bridgehead atoms. The summed E-state index contributed by atoms with van der Waals surface area (Å²) < 4.78 is 1.61. The van der Waals surface area contributed by atoms with Crippen molar-refractivity contribution < 1.29 is 4.79 Å². The van der Waals surface area contributed by atoms with Crippen LogP contribution in [0.3, 0.4) is 0 Å². The molecule has 1 amide bonds. The Kier molecular flexibility index (Phi) is 4.62. The third-order valence-electron chi connectivity index (χ3n) is 4.04. The fourth-order valence-corrected chi connectivity index (χ4v) is 2.83. The third-order valence-corrected chi connectivity index (χ3v) is 4.28. The van der Waals surface area contributed by atoms with E-state index >= 15 is 0 Å². The van der Waals surface area contributed by atoms with Crippen molar-refractivity contribution in [3.8, 4) is 11.5 Å². The number of hydrogen-bond acceptors (Lipinski definition) is 6. The van der Waals surface area contributed by atoms with Crippen LogP contribution in [0.25, 0.3) is 17.2 Å². The summed E-state index contributed by atoms with van der Waals surface area (Å²) in [5.41, 5.74) is 2.14. The summed E-state index contributed by atoms with van der Waals surface area (Å²) in [4.78, 5) is 18.8. The van der Waals surface area contributed by atoms with Crippen LogP contribution >= 0.6 is 11.6 Å². The largest absolute Gasteiger partial charge is 0.361 e. The summed E-state index contributed by atoms with van der Waals surface area (Å²) in [7, 11) is 3.80.